The third-order valence-electron chi connectivity index (χ3n) is 4.24. The van der Waals surface area contributed by atoms with Gasteiger partial charge < -0.3 is 9.47 Å². The van der Waals surface area contributed by atoms with Crippen molar-refractivity contribution in [2.75, 3.05) is 21.2 Å². The Hall–Kier alpha value is -2.71. The van der Waals surface area contributed by atoms with Gasteiger partial charge in [0.25, 0.3) is 0 Å². The Kier molecular flexibility index (Phi) is 6.58. The van der Waals surface area contributed by atoms with Gasteiger partial charge in [0, 0.05) is 19.7 Å². The van der Waals surface area contributed by atoms with E-state index in [1.165, 1.54) is 46.3 Å². The van der Waals surface area contributed by atoms with Crippen LogP contribution < -0.4 is 4.74 Å². The molecule has 0 aromatic heterocycles. The maximum absolute atomic E-state index is 12.6. The van der Waals surface area contributed by atoms with Crippen LogP contribution >= 0.6 is 0 Å². The van der Waals surface area contributed by atoms with Crippen molar-refractivity contribution in [3.05, 3.63) is 59.2 Å². The van der Waals surface area contributed by atoms with E-state index >= 15 is 0 Å². The van der Waals surface area contributed by atoms with Crippen molar-refractivity contribution in [3.63, 3.8) is 0 Å². The summed E-state index contributed by atoms with van der Waals surface area (Å²) < 4.78 is 36.0. The van der Waals surface area contributed by atoms with Crippen LogP contribution in [0.2, 0.25) is 0 Å². The van der Waals surface area contributed by atoms with Gasteiger partial charge >= 0.3 is 5.97 Å². The maximum Gasteiger partial charge on any atom is 0.339 e. The highest BCUT2D eigenvalue weighted by Crippen LogP contribution is 2.20. The van der Waals surface area contributed by atoms with Crippen LogP contribution in [0.4, 0.5) is 0 Å². The number of carbonyl (C=O) groups excluding carboxylic acids is 2. The van der Waals surface area contributed by atoms with Gasteiger partial charge in [-0.15, -0.1) is 0 Å². The Balaban J connectivity index is 2.22. The summed E-state index contributed by atoms with van der Waals surface area (Å²) in [7, 11) is 0.636. The molecule has 150 valence electrons. The summed E-state index contributed by atoms with van der Waals surface area (Å²) >= 11 is 0. The Bertz CT molecular complexity index is 980. The van der Waals surface area contributed by atoms with Crippen molar-refractivity contribution in [3.8, 4) is 5.75 Å². The van der Waals surface area contributed by atoms with E-state index in [1.807, 2.05) is 0 Å². The highest BCUT2D eigenvalue weighted by atomic mass is 32.2. The minimum atomic E-state index is -3.70. The Morgan fingerprint density at radius 1 is 1.04 bits per heavy atom. The molecule has 0 aliphatic carbocycles. The number of aryl methyl sites for hydroxylation is 1. The highest BCUT2D eigenvalue weighted by molar-refractivity contribution is 7.89. The quantitative estimate of drug-likeness (QED) is 0.520. The van der Waals surface area contributed by atoms with Crippen LogP contribution in [-0.4, -0.2) is 51.8 Å². The van der Waals surface area contributed by atoms with Crippen LogP contribution in [0, 0.1) is 6.92 Å². The van der Waals surface area contributed by atoms with Gasteiger partial charge in [0.15, 0.2) is 6.10 Å². The summed E-state index contributed by atoms with van der Waals surface area (Å²) in [6.07, 6.45) is -1.03. The lowest BCUT2D eigenvalue weighted by molar-refractivity contribution is 0.0318. The molecule has 0 heterocycles. The molecule has 0 saturated heterocycles. The summed E-state index contributed by atoms with van der Waals surface area (Å²) in [5.41, 5.74) is 1.02. The lowest BCUT2D eigenvalue weighted by Gasteiger charge is -2.16. The second kappa shape index (κ2) is 8.53. The molecule has 0 unspecified atom stereocenters. The first-order valence-corrected chi connectivity index (χ1v) is 9.94. The first-order chi connectivity index (χ1) is 13.1. The zero-order chi connectivity index (χ0) is 21.1. The van der Waals surface area contributed by atoms with E-state index < -0.39 is 22.1 Å². The van der Waals surface area contributed by atoms with E-state index in [-0.39, 0.29) is 16.2 Å². The fourth-order valence-electron chi connectivity index (χ4n) is 2.46. The molecule has 0 aliphatic heterocycles. The number of Topliss-reactive ketones (excluding diaryl/α,β-unsaturated/α-hetero) is 1. The van der Waals surface area contributed by atoms with Gasteiger partial charge in [0.05, 0.1) is 17.6 Å². The molecule has 0 spiro atoms. The second-order valence-corrected chi connectivity index (χ2v) is 8.56. The van der Waals surface area contributed by atoms with E-state index in [2.05, 4.69) is 0 Å². The molecule has 0 fully saturated rings. The smallest absolute Gasteiger partial charge is 0.339 e. The van der Waals surface area contributed by atoms with Crippen molar-refractivity contribution in [2.45, 2.75) is 24.8 Å². The van der Waals surface area contributed by atoms with E-state index in [9.17, 15) is 18.0 Å². The molecule has 0 N–H and O–H groups in total. The van der Waals surface area contributed by atoms with Crippen molar-refractivity contribution in [2.24, 2.45) is 0 Å². The molecule has 2 aromatic carbocycles. The highest BCUT2D eigenvalue weighted by Gasteiger charge is 2.24. The van der Waals surface area contributed by atoms with Crippen molar-refractivity contribution in [1.82, 2.24) is 4.31 Å². The summed E-state index contributed by atoms with van der Waals surface area (Å²) in [5, 5.41) is 0. The Morgan fingerprint density at radius 3 is 2.18 bits per heavy atom. The fourth-order valence-corrected chi connectivity index (χ4v) is 3.39. The Morgan fingerprint density at radius 2 is 1.64 bits per heavy atom. The van der Waals surface area contributed by atoms with Crippen molar-refractivity contribution >= 4 is 21.8 Å². The number of hydrogen-bond donors (Lipinski definition) is 0. The zero-order valence-corrected chi connectivity index (χ0v) is 17.2. The van der Waals surface area contributed by atoms with Crippen molar-refractivity contribution in [1.29, 1.82) is 0 Å². The number of rotatable bonds is 7. The number of ketones is 1. The predicted octanol–water partition coefficient (Wildman–Crippen LogP) is 2.68. The minimum absolute atomic E-state index is 0.0239. The zero-order valence-electron chi connectivity index (χ0n) is 16.4. The number of benzene rings is 2. The number of hydrogen-bond acceptors (Lipinski definition) is 6. The van der Waals surface area contributed by atoms with E-state index in [1.54, 1.807) is 31.2 Å². The molecule has 0 radical (unpaired) electrons. The molecular weight excluding hydrogens is 382 g/mol. The summed E-state index contributed by atoms with van der Waals surface area (Å²) in [4.78, 5) is 25.0. The molecule has 0 saturated carbocycles. The van der Waals surface area contributed by atoms with Gasteiger partial charge in [-0.05, 0) is 55.8 Å². The molecule has 0 amide bonds. The molecule has 0 bridgehead atoms. The van der Waals surface area contributed by atoms with E-state index in [0.717, 1.165) is 4.31 Å². The van der Waals surface area contributed by atoms with E-state index in [4.69, 9.17) is 9.47 Å². The normalized spacial score (nSPS) is 12.5. The summed E-state index contributed by atoms with van der Waals surface area (Å²) in [6, 6.07) is 10.7. The number of esters is 1. The average molecular weight is 405 g/mol. The Labute approximate surface area is 164 Å². The van der Waals surface area contributed by atoms with Crippen LogP contribution in [0.5, 0.6) is 5.75 Å². The summed E-state index contributed by atoms with van der Waals surface area (Å²) in [6.45, 7) is 3.14. The van der Waals surface area contributed by atoms with Crippen LogP contribution in [-0.2, 0) is 14.8 Å². The third-order valence-corrected chi connectivity index (χ3v) is 6.05. The SMILES string of the molecule is COc1ccc(C(=O)[C@H](C)OC(=O)c2cc(S(=O)(=O)N(C)C)ccc2C)cc1. The van der Waals surface area contributed by atoms with E-state index in [0.29, 0.717) is 16.9 Å². The molecule has 8 heteroatoms. The number of carbonyl (C=O) groups is 2. The summed E-state index contributed by atoms with van der Waals surface area (Å²) in [5.74, 6) is -0.524. The number of nitrogens with zero attached hydrogens (tertiary/aromatic N) is 1. The molecular formula is C20H23NO6S. The topological polar surface area (TPSA) is 90.0 Å². The predicted molar refractivity (Wildman–Crippen MR) is 104 cm³/mol. The molecule has 1 atom stereocenters. The number of sulfonamides is 1. The first-order valence-electron chi connectivity index (χ1n) is 8.50. The first kappa shape index (κ1) is 21.6. The fraction of sp³-hybridized carbons (Fsp3) is 0.300. The van der Waals surface area contributed by atoms with Gasteiger partial charge in [0.1, 0.15) is 5.75 Å². The molecule has 0 aliphatic rings. The molecule has 7 nitrogen and oxygen atoms in total. The van der Waals surface area contributed by atoms with Crippen LogP contribution in [0.3, 0.4) is 0 Å². The van der Waals surface area contributed by atoms with Gasteiger partial charge in [-0.3, -0.25) is 4.79 Å². The molecule has 2 rings (SSSR count). The number of methoxy groups -OCH3 is 1. The standard InChI is InChI=1S/C20H23NO6S/c1-13-6-11-17(28(24,25)21(3)4)12-18(13)20(23)27-14(2)19(22)15-7-9-16(26-5)10-8-15/h6-12,14H,1-5H3/t14-/m0/s1. The lowest BCUT2D eigenvalue weighted by Crippen LogP contribution is -2.25. The average Bonchev–Trinajstić information content (AvgIpc) is 2.67. The van der Waals surface area contributed by atoms with Gasteiger partial charge in [-0.2, -0.15) is 0 Å². The third kappa shape index (κ3) is 4.58. The minimum Gasteiger partial charge on any atom is -0.497 e. The van der Waals surface area contributed by atoms with Crippen molar-refractivity contribution < 1.29 is 27.5 Å². The monoisotopic (exact) mass is 405 g/mol. The lowest BCUT2D eigenvalue weighted by atomic mass is 10.1. The largest absolute Gasteiger partial charge is 0.497 e. The van der Waals surface area contributed by atoms with Crippen LogP contribution in [0.1, 0.15) is 33.2 Å². The van der Waals surface area contributed by atoms with Crippen LogP contribution in [0.25, 0.3) is 0 Å². The number of ether oxygens (including phenoxy) is 2. The van der Waals surface area contributed by atoms with Gasteiger partial charge in [0.2, 0.25) is 15.8 Å². The second-order valence-electron chi connectivity index (χ2n) is 6.40. The molecule has 28 heavy (non-hydrogen) atoms. The van der Waals surface area contributed by atoms with Gasteiger partial charge in [-0.25, -0.2) is 17.5 Å². The maximum atomic E-state index is 12.6. The van der Waals surface area contributed by atoms with Crippen LogP contribution in [0.15, 0.2) is 47.4 Å². The molecule has 2 aromatic rings. The van der Waals surface area contributed by atoms with Gasteiger partial charge in [-0.1, -0.05) is 6.07 Å².